The summed E-state index contributed by atoms with van der Waals surface area (Å²) in [6.45, 7) is 2.55. The molecule has 2 aromatic heterocycles. The van der Waals surface area contributed by atoms with Crippen molar-refractivity contribution in [2.45, 2.75) is 12.8 Å². The number of rotatable bonds is 5. The third kappa shape index (κ3) is 3.46. The van der Waals surface area contributed by atoms with Gasteiger partial charge in [-0.25, -0.2) is 9.97 Å². The van der Waals surface area contributed by atoms with Gasteiger partial charge in [0.1, 0.15) is 5.82 Å². The van der Waals surface area contributed by atoms with Gasteiger partial charge in [-0.2, -0.15) is 0 Å². The molecule has 0 radical (unpaired) electrons. The third-order valence-corrected chi connectivity index (χ3v) is 4.08. The number of hydrogen-bond donors (Lipinski definition) is 2. The van der Waals surface area contributed by atoms with Gasteiger partial charge in [0.15, 0.2) is 0 Å². The Morgan fingerprint density at radius 2 is 2.30 bits per heavy atom. The van der Waals surface area contributed by atoms with Gasteiger partial charge in [-0.15, -0.1) is 11.3 Å². The Morgan fingerprint density at radius 1 is 1.50 bits per heavy atom. The molecule has 0 saturated carbocycles. The first kappa shape index (κ1) is 14.7. The second-order valence-electron chi connectivity index (χ2n) is 4.29. The predicted octanol–water partition coefficient (Wildman–Crippen LogP) is 2.77. The van der Waals surface area contributed by atoms with E-state index in [0.29, 0.717) is 22.9 Å². The van der Waals surface area contributed by atoms with Crippen molar-refractivity contribution in [3.8, 4) is 0 Å². The molecule has 5 nitrogen and oxygen atoms in total. The summed E-state index contributed by atoms with van der Waals surface area (Å²) in [5.41, 5.74) is 0.445. The van der Waals surface area contributed by atoms with Crippen molar-refractivity contribution in [3.05, 3.63) is 39.4 Å². The van der Waals surface area contributed by atoms with Crippen LogP contribution in [0.1, 0.15) is 28.2 Å². The van der Waals surface area contributed by atoms with E-state index in [-0.39, 0.29) is 11.8 Å². The van der Waals surface area contributed by atoms with Crippen molar-refractivity contribution in [3.63, 3.8) is 0 Å². The Bertz CT molecular complexity index is 588. The minimum Gasteiger partial charge on any atom is -0.372 e. The fraction of sp³-hybridized carbons (Fsp3) is 0.308. The van der Waals surface area contributed by atoms with Crippen LogP contribution in [0.5, 0.6) is 0 Å². The van der Waals surface area contributed by atoms with E-state index in [1.54, 1.807) is 30.6 Å². The molecule has 1 unspecified atom stereocenters. The summed E-state index contributed by atoms with van der Waals surface area (Å²) in [5.74, 6) is 0.545. The van der Waals surface area contributed by atoms with E-state index < -0.39 is 0 Å². The van der Waals surface area contributed by atoms with Gasteiger partial charge in [0.25, 0.3) is 5.91 Å². The Balaban J connectivity index is 1.96. The van der Waals surface area contributed by atoms with E-state index in [1.165, 1.54) is 6.20 Å². The van der Waals surface area contributed by atoms with Crippen LogP contribution in [0.25, 0.3) is 0 Å². The van der Waals surface area contributed by atoms with Crippen LogP contribution in [0.2, 0.25) is 5.02 Å². The number of amides is 1. The molecular weight excluding hydrogens is 296 g/mol. The van der Waals surface area contributed by atoms with Crippen LogP contribution in [0.4, 0.5) is 5.82 Å². The van der Waals surface area contributed by atoms with Gasteiger partial charge in [0.2, 0.25) is 0 Å². The molecule has 2 N–H and O–H groups in total. The first-order valence-corrected chi connectivity index (χ1v) is 7.38. The lowest BCUT2D eigenvalue weighted by Gasteiger charge is -2.10. The summed E-state index contributed by atoms with van der Waals surface area (Å²) >= 11 is 7.59. The van der Waals surface area contributed by atoms with E-state index in [9.17, 15) is 4.79 Å². The molecule has 106 valence electrons. The number of carbonyl (C=O) groups is 1. The quantitative estimate of drug-likeness (QED) is 0.891. The average Bonchev–Trinajstić information content (AvgIpc) is 2.98. The monoisotopic (exact) mass is 310 g/mol. The van der Waals surface area contributed by atoms with E-state index in [1.807, 2.05) is 12.3 Å². The minimum absolute atomic E-state index is 0.180. The van der Waals surface area contributed by atoms with Gasteiger partial charge < -0.3 is 10.6 Å². The number of halogens is 1. The lowest BCUT2D eigenvalue weighted by atomic mass is 10.2. The highest BCUT2D eigenvalue weighted by atomic mass is 35.5. The molecule has 1 atom stereocenters. The molecule has 0 spiro atoms. The zero-order valence-electron chi connectivity index (χ0n) is 11.2. The van der Waals surface area contributed by atoms with E-state index in [0.717, 1.165) is 5.01 Å². The fourth-order valence-electron chi connectivity index (χ4n) is 1.66. The van der Waals surface area contributed by atoms with Crippen molar-refractivity contribution in [1.82, 2.24) is 15.3 Å². The van der Waals surface area contributed by atoms with Crippen molar-refractivity contribution in [2.24, 2.45) is 0 Å². The second-order valence-corrected chi connectivity index (χ2v) is 5.62. The fourth-order valence-corrected chi connectivity index (χ4v) is 2.62. The number of nitrogens with zero attached hydrogens (tertiary/aromatic N) is 2. The molecule has 0 bridgehead atoms. The standard InChI is InChI=1S/C13H15ClN4OS/c1-8(13-16-3-4-20-13)6-18-12(19)9-5-10(14)11(15-2)17-7-9/h3-5,7-8H,6H2,1-2H3,(H,15,17)(H,18,19). The van der Waals surface area contributed by atoms with Gasteiger partial charge in [0.05, 0.1) is 15.6 Å². The number of anilines is 1. The van der Waals surface area contributed by atoms with Gasteiger partial charge in [-0.05, 0) is 6.07 Å². The van der Waals surface area contributed by atoms with Gasteiger partial charge in [-0.3, -0.25) is 4.79 Å². The number of carbonyl (C=O) groups excluding carboxylic acids is 1. The van der Waals surface area contributed by atoms with Crippen LogP contribution in [-0.4, -0.2) is 29.5 Å². The molecule has 0 aromatic carbocycles. The van der Waals surface area contributed by atoms with Gasteiger partial charge in [0, 0.05) is 37.3 Å². The maximum absolute atomic E-state index is 12.0. The number of thiazole rings is 1. The van der Waals surface area contributed by atoms with Crippen molar-refractivity contribution in [2.75, 3.05) is 18.9 Å². The van der Waals surface area contributed by atoms with E-state index >= 15 is 0 Å². The lowest BCUT2D eigenvalue weighted by Crippen LogP contribution is -2.27. The molecule has 0 aliphatic rings. The highest BCUT2D eigenvalue weighted by Crippen LogP contribution is 2.20. The summed E-state index contributed by atoms with van der Waals surface area (Å²) in [4.78, 5) is 20.3. The lowest BCUT2D eigenvalue weighted by molar-refractivity contribution is 0.0951. The first-order chi connectivity index (χ1) is 9.61. The summed E-state index contributed by atoms with van der Waals surface area (Å²) in [6, 6.07) is 1.60. The van der Waals surface area contributed by atoms with Crippen LogP contribution in [0.15, 0.2) is 23.8 Å². The summed E-state index contributed by atoms with van der Waals surface area (Å²) in [6.07, 6.45) is 3.26. The molecule has 2 aromatic rings. The molecule has 2 heterocycles. The minimum atomic E-state index is -0.189. The second kappa shape index (κ2) is 6.67. The van der Waals surface area contributed by atoms with Gasteiger partial charge in [-0.1, -0.05) is 18.5 Å². The SMILES string of the molecule is CNc1ncc(C(=O)NCC(C)c2nccs2)cc1Cl. The molecule has 0 aliphatic carbocycles. The summed E-state index contributed by atoms with van der Waals surface area (Å²) < 4.78 is 0. The molecular formula is C13H15ClN4OS. The molecule has 0 fully saturated rings. The highest BCUT2D eigenvalue weighted by molar-refractivity contribution is 7.09. The Morgan fingerprint density at radius 3 is 2.90 bits per heavy atom. The van der Waals surface area contributed by atoms with Crippen molar-refractivity contribution in [1.29, 1.82) is 0 Å². The number of nitrogens with one attached hydrogen (secondary N) is 2. The summed E-state index contributed by atoms with van der Waals surface area (Å²) in [5, 5.41) is 9.06. The molecule has 20 heavy (non-hydrogen) atoms. The number of hydrogen-bond acceptors (Lipinski definition) is 5. The van der Waals surface area contributed by atoms with Crippen LogP contribution in [-0.2, 0) is 0 Å². The molecule has 1 amide bonds. The van der Waals surface area contributed by atoms with Crippen molar-refractivity contribution < 1.29 is 4.79 Å². The molecule has 2 rings (SSSR count). The summed E-state index contributed by atoms with van der Waals surface area (Å²) in [7, 11) is 1.73. The van der Waals surface area contributed by atoms with Crippen LogP contribution in [0.3, 0.4) is 0 Å². The largest absolute Gasteiger partial charge is 0.372 e. The maximum Gasteiger partial charge on any atom is 0.252 e. The van der Waals surface area contributed by atoms with Gasteiger partial charge >= 0.3 is 0 Å². The topological polar surface area (TPSA) is 66.9 Å². The normalized spacial score (nSPS) is 11.9. The Labute approximate surface area is 126 Å². The van der Waals surface area contributed by atoms with E-state index in [2.05, 4.69) is 20.6 Å². The molecule has 7 heteroatoms. The molecule has 0 aliphatic heterocycles. The first-order valence-electron chi connectivity index (χ1n) is 6.12. The zero-order valence-corrected chi connectivity index (χ0v) is 12.8. The maximum atomic E-state index is 12.0. The smallest absolute Gasteiger partial charge is 0.252 e. The number of aromatic nitrogens is 2. The molecule has 0 saturated heterocycles. The van der Waals surface area contributed by atoms with Crippen LogP contribution in [0, 0.1) is 0 Å². The predicted molar refractivity (Wildman–Crippen MR) is 81.7 cm³/mol. The Kier molecular flexibility index (Phi) is 4.92. The zero-order chi connectivity index (χ0) is 14.5. The average molecular weight is 311 g/mol. The Hall–Kier alpha value is -1.66. The third-order valence-electron chi connectivity index (χ3n) is 2.78. The van der Waals surface area contributed by atoms with Crippen LogP contribution >= 0.6 is 22.9 Å². The number of pyridine rings is 1. The van der Waals surface area contributed by atoms with E-state index in [4.69, 9.17) is 11.6 Å². The highest BCUT2D eigenvalue weighted by Gasteiger charge is 2.12. The van der Waals surface area contributed by atoms with Crippen LogP contribution < -0.4 is 10.6 Å². The van der Waals surface area contributed by atoms with Crippen molar-refractivity contribution >= 4 is 34.7 Å².